The molecule has 4 rings (SSSR count). The number of carbonyl (C=O) groups is 1. The van der Waals surface area contributed by atoms with E-state index < -0.39 is 0 Å². The maximum Gasteiger partial charge on any atom is 0.237 e. The Labute approximate surface area is 181 Å². The number of carbonyl (C=O) groups excluding carboxylic acids is 1. The third-order valence-electron chi connectivity index (χ3n) is 5.39. The van der Waals surface area contributed by atoms with Gasteiger partial charge in [0.05, 0.1) is 11.4 Å². The monoisotopic (exact) mass is 421 g/mol. The Bertz CT molecular complexity index is 981. The van der Waals surface area contributed by atoms with Crippen LogP contribution in [0.5, 0.6) is 0 Å². The smallest absolute Gasteiger partial charge is 0.237 e. The third kappa shape index (κ3) is 4.51. The highest BCUT2D eigenvalue weighted by Crippen LogP contribution is 2.29. The zero-order chi connectivity index (χ0) is 20.9. The molecule has 2 aromatic carbocycles. The summed E-state index contributed by atoms with van der Waals surface area (Å²) in [4.78, 5) is 16.7. The molecule has 1 aliphatic rings. The van der Waals surface area contributed by atoms with Crippen LogP contribution in [0.15, 0.2) is 59.8 Å². The molecule has 6 nitrogen and oxygen atoms in total. The number of para-hydroxylation sites is 1. The fourth-order valence-corrected chi connectivity index (χ4v) is 4.45. The van der Waals surface area contributed by atoms with E-state index in [9.17, 15) is 4.79 Å². The van der Waals surface area contributed by atoms with Crippen molar-refractivity contribution >= 4 is 29.3 Å². The zero-order valence-corrected chi connectivity index (χ0v) is 18.3. The van der Waals surface area contributed by atoms with E-state index >= 15 is 0 Å². The van der Waals surface area contributed by atoms with Crippen molar-refractivity contribution in [2.45, 2.75) is 31.3 Å². The molecule has 3 aromatic rings. The van der Waals surface area contributed by atoms with Crippen molar-refractivity contribution in [3.05, 3.63) is 60.2 Å². The molecule has 0 saturated carbocycles. The van der Waals surface area contributed by atoms with Gasteiger partial charge in [-0.05, 0) is 50.5 Å². The zero-order valence-electron chi connectivity index (χ0n) is 17.5. The molecule has 2 heterocycles. The molecule has 7 heteroatoms. The lowest BCUT2D eigenvalue weighted by molar-refractivity contribution is -0.115. The molecule has 156 valence electrons. The molecule has 1 saturated heterocycles. The van der Waals surface area contributed by atoms with Gasteiger partial charge in [0.15, 0.2) is 5.16 Å². The van der Waals surface area contributed by atoms with E-state index in [1.807, 2.05) is 37.4 Å². The summed E-state index contributed by atoms with van der Waals surface area (Å²) >= 11 is 1.43. The van der Waals surface area contributed by atoms with Crippen molar-refractivity contribution in [3.8, 4) is 5.69 Å². The average molecular weight is 422 g/mol. The van der Waals surface area contributed by atoms with E-state index in [1.165, 1.54) is 36.6 Å². The summed E-state index contributed by atoms with van der Waals surface area (Å²) in [5.74, 6) is 1.20. The Morgan fingerprint density at radius 3 is 2.40 bits per heavy atom. The number of amides is 1. The van der Waals surface area contributed by atoms with Gasteiger partial charge < -0.3 is 9.80 Å². The molecule has 0 unspecified atom stereocenters. The topological polar surface area (TPSA) is 54.3 Å². The normalized spacial score (nSPS) is 14.0. The van der Waals surface area contributed by atoms with Crippen molar-refractivity contribution in [3.63, 3.8) is 0 Å². The van der Waals surface area contributed by atoms with Gasteiger partial charge in [-0.25, -0.2) is 0 Å². The summed E-state index contributed by atoms with van der Waals surface area (Å²) in [5.41, 5.74) is 3.12. The summed E-state index contributed by atoms with van der Waals surface area (Å²) < 4.78 is 2.09. The Hall–Kier alpha value is -2.80. The molecule has 0 spiro atoms. The number of anilines is 2. The van der Waals surface area contributed by atoms with Crippen molar-refractivity contribution in [2.24, 2.45) is 0 Å². The standard InChI is InChI=1S/C23H27N5OS/c1-18-11-13-20(14-12-18)28-22(27-15-7-4-8-16-27)24-25-23(28)30-17-21(29)26(2)19-9-5-3-6-10-19/h3,5-6,9-14H,4,7-8,15-17H2,1-2H3. The number of thioether (sulfide) groups is 1. The molecule has 0 radical (unpaired) electrons. The van der Waals surface area contributed by atoms with Crippen LogP contribution in [0.25, 0.3) is 5.69 Å². The highest BCUT2D eigenvalue weighted by atomic mass is 32.2. The van der Waals surface area contributed by atoms with Gasteiger partial charge in [0.2, 0.25) is 11.9 Å². The van der Waals surface area contributed by atoms with E-state index in [-0.39, 0.29) is 5.91 Å². The van der Waals surface area contributed by atoms with Crippen LogP contribution in [0.2, 0.25) is 0 Å². The molecule has 1 aromatic heterocycles. The van der Waals surface area contributed by atoms with Gasteiger partial charge >= 0.3 is 0 Å². The summed E-state index contributed by atoms with van der Waals surface area (Å²) in [6.45, 7) is 4.06. The van der Waals surface area contributed by atoms with Gasteiger partial charge in [0, 0.05) is 25.8 Å². The number of hydrogen-bond donors (Lipinski definition) is 0. The Kier molecular flexibility index (Phi) is 6.38. The van der Waals surface area contributed by atoms with E-state index in [2.05, 4.69) is 50.9 Å². The first-order chi connectivity index (χ1) is 14.6. The van der Waals surface area contributed by atoms with E-state index in [4.69, 9.17) is 0 Å². The van der Waals surface area contributed by atoms with E-state index in [0.717, 1.165) is 35.6 Å². The van der Waals surface area contributed by atoms with Crippen LogP contribution in [0.4, 0.5) is 11.6 Å². The van der Waals surface area contributed by atoms with Crippen LogP contribution in [0.1, 0.15) is 24.8 Å². The Morgan fingerprint density at radius 1 is 1.00 bits per heavy atom. The highest BCUT2D eigenvalue weighted by molar-refractivity contribution is 7.99. The minimum absolute atomic E-state index is 0.0316. The summed E-state index contributed by atoms with van der Waals surface area (Å²) in [6.07, 6.45) is 3.60. The predicted octanol–water partition coefficient (Wildman–Crippen LogP) is 4.32. The molecule has 30 heavy (non-hydrogen) atoms. The molecule has 0 atom stereocenters. The minimum atomic E-state index is 0.0316. The lowest BCUT2D eigenvalue weighted by atomic mass is 10.1. The highest BCUT2D eigenvalue weighted by Gasteiger charge is 2.22. The lowest BCUT2D eigenvalue weighted by Gasteiger charge is -2.27. The van der Waals surface area contributed by atoms with Crippen LogP contribution in [-0.4, -0.2) is 46.6 Å². The maximum absolute atomic E-state index is 12.8. The van der Waals surface area contributed by atoms with Gasteiger partial charge in [0.1, 0.15) is 0 Å². The number of benzene rings is 2. The fourth-order valence-electron chi connectivity index (χ4n) is 3.59. The molecule has 0 N–H and O–H groups in total. The van der Waals surface area contributed by atoms with Crippen LogP contribution in [0, 0.1) is 6.92 Å². The summed E-state index contributed by atoms with van der Waals surface area (Å²) in [6, 6.07) is 18.1. The fraction of sp³-hybridized carbons (Fsp3) is 0.348. The molecule has 0 aliphatic carbocycles. The minimum Gasteiger partial charge on any atom is -0.341 e. The molecular formula is C23H27N5OS. The summed E-state index contributed by atoms with van der Waals surface area (Å²) in [7, 11) is 1.81. The Balaban J connectivity index is 1.57. The average Bonchev–Trinajstić information content (AvgIpc) is 3.22. The second-order valence-corrected chi connectivity index (χ2v) is 8.52. The number of aryl methyl sites for hydroxylation is 1. The van der Waals surface area contributed by atoms with Gasteiger partial charge in [-0.15, -0.1) is 10.2 Å². The lowest BCUT2D eigenvalue weighted by Crippen LogP contribution is -2.31. The Morgan fingerprint density at radius 2 is 1.70 bits per heavy atom. The van der Waals surface area contributed by atoms with Crippen molar-refractivity contribution < 1.29 is 4.79 Å². The first-order valence-corrected chi connectivity index (χ1v) is 11.3. The maximum atomic E-state index is 12.8. The number of piperidine rings is 1. The van der Waals surface area contributed by atoms with Gasteiger partial charge in [0.25, 0.3) is 0 Å². The number of hydrogen-bond acceptors (Lipinski definition) is 5. The van der Waals surface area contributed by atoms with Crippen molar-refractivity contribution in [2.75, 3.05) is 35.7 Å². The van der Waals surface area contributed by atoms with Gasteiger partial charge in [-0.3, -0.25) is 9.36 Å². The van der Waals surface area contributed by atoms with Gasteiger partial charge in [-0.2, -0.15) is 0 Å². The first-order valence-electron chi connectivity index (χ1n) is 10.4. The molecular weight excluding hydrogens is 394 g/mol. The van der Waals surface area contributed by atoms with E-state index in [0.29, 0.717) is 5.75 Å². The number of nitrogens with zero attached hydrogens (tertiary/aromatic N) is 5. The van der Waals surface area contributed by atoms with E-state index in [1.54, 1.807) is 4.90 Å². The second kappa shape index (κ2) is 9.34. The second-order valence-electron chi connectivity index (χ2n) is 7.58. The molecule has 1 aliphatic heterocycles. The number of aromatic nitrogens is 3. The SMILES string of the molecule is Cc1ccc(-n2c(SCC(=O)N(C)c3ccccc3)nnc2N2CCCCC2)cc1. The van der Waals surface area contributed by atoms with Crippen molar-refractivity contribution in [1.29, 1.82) is 0 Å². The quantitative estimate of drug-likeness (QED) is 0.555. The van der Waals surface area contributed by atoms with Crippen molar-refractivity contribution in [1.82, 2.24) is 14.8 Å². The van der Waals surface area contributed by atoms with Crippen LogP contribution in [0.3, 0.4) is 0 Å². The third-order valence-corrected chi connectivity index (χ3v) is 6.30. The van der Waals surface area contributed by atoms with Crippen LogP contribution in [-0.2, 0) is 4.79 Å². The summed E-state index contributed by atoms with van der Waals surface area (Å²) in [5, 5.41) is 9.72. The molecule has 0 bridgehead atoms. The van der Waals surface area contributed by atoms with Gasteiger partial charge in [-0.1, -0.05) is 47.7 Å². The largest absolute Gasteiger partial charge is 0.341 e. The molecule has 1 amide bonds. The molecule has 1 fully saturated rings. The van der Waals surface area contributed by atoms with Crippen LogP contribution < -0.4 is 9.80 Å². The number of rotatable bonds is 6. The van der Waals surface area contributed by atoms with Crippen LogP contribution >= 0.6 is 11.8 Å². The first kappa shape index (κ1) is 20.5. The predicted molar refractivity (Wildman–Crippen MR) is 123 cm³/mol.